The van der Waals surface area contributed by atoms with Gasteiger partial charge in [-0.2, -0.15) is 0 Å². The number of rotatable bonds is 1. The maximum absolute atomic E-state index is 3.80. The molecule has 1 heterocycles. The highest BCUT2D eigenvalue weighted by Crippen LogP contribution is 2.50. The van der Waals surface area contributed by atoms with Gasteiger partial charge in [-0.05, 0) is 62.3 Å². The van der Waals surface area contributed by atoms with Crippen molar-refractivity contribution in [3.8, 4) is 0 Å². The lowest BCUT2D eigenvalue weighted by atomic mass is 9.79. The van der Waals surface area contributed by atoms with Crippen molar-refractivity contribution in [2.45, 2.75) is 51.5 Å². The SMILES string of the molecule is CC1CCC(C2CC3CCC2C3)NC1. The fraction of sp³-hybridized carbons (Fsp3) is 1.00. The third kappa shape index (κ3) is 1.50. The van der Waals surface area contributed by atoms with Crippen LogP contribution in [0.1, 0.15) is 45.4 Å². The summed E-state index contributed by atoms with van der Waals surface area (Å²) in [7, 11) is 0. The minimum atomic E-state index is 0.890. The molecule has 0 amide bonds. The third-order valence-corrected chi connectivity index (χ3v) is 5.01. The first-order valence-electron chi connectivity index (χ1n) is 6.56. The van der Waals surface area contributed by atoms with E-state index in [0.29, 0.717) is 0 Å². The van der Waals surface area contributed by atoms with Crippen molar-refractivity contribution in [2.75, 3.05) is 6.54 Å². The molecular weight excluding hydrogens is 170 g/mol. The van der Waals surface area contributed by atoms with Gasteiger partial charge in [-0.15, -0.1) is 0 Å². The number of fused-ring (bicyclic) bond motifs is 2. The van der Waals surface area contributed by atoms with Crippen LogP contribution in [0.5, 0.6) is 0 Å². The molecule has 14 heavy (non-hydrogen) atoms. The van der Waals surface area contributed by atoms with Gasteiger partial charge in [-0.3, -0.25) is 0 Å². The van der Waals surface area contributed by atoms with Gasteiger partial charge in [0.15, 0.2) is 0 Å². The number of hydrogen-bond acceptors (Lipinski definition) is 1. The topological polar surface area (TPSA) is 12.0 Å². The first kappa shape index (κ1) is 9.21. The Balaban J connectivity index is 1.61. The minimum Gasteiger partial charge on any atom is -0.313 e. The lowest BCUT2D eigenvalue weighted by Crippen LogP contribution is -2.44. The van der Waals surface area contributed by atoms with Gasteiger partial charge in [0, 0.05) is 6.04 Å². The Kier molecular flexibility index (Phi) is 2.31. The highest BCUT2D eigenvalue weighted by Gasteiger charge is 2.43. The van der Waals surface area contributed by atoms with Gasteiger partial charge in [0.2, 0.25) is 0 Å². The Morgan fingerprint density at radius 1 is 1.00 bits per heavy atom. The van der Waals surface area contributed by atoms with E-state index in [4.69, 9.17) is 0 Å². The maximum Gasteiger partial charge on any atom is 0.00982 e. The molecule has 5 unspecified atom stereocenters. The number of nitrogens with one attached hydrogen (secondary N) is 1. The predicted molar refractivity (Wildman–Crippen MR) is 59.1 cm³/mol. The molecular formula is C13H23N. The number of hydrogen-bond donors (Lipinski definition) is 1. The summed E-state index contributed by atoms with van der Waals surface area (Å²) in [6.07, 6.45) is 9.13. The van der Waals surface area contributed by atoms with Crippen LogP contribution in [-0.4, -0.2) is 12.6 Å². The largest absolute Gasteiger partial charge is 0.313 e. The molecule has 3 fully saturated rings. The average molecular weight is 193 g/mol. The van der Waals surface area contributed by atoms with Crippen LogP contribution in [0.15, 0.2) is 0 Å². The highest BCUT2D eigenvalue weighted by molar-refractivity contribution is 4.96. The second-order valence-corrected chi connectivity index (χ2v) is 6.04. The van der Waals surface area contributed by atoms with Crippen LogP contribution in [0, 0.1) is 23.7 Å². The number of piperidine rings is 1. The Bertz CT molecular complexity index is 205. The molecule has 0 radical (unpaired) electrons. The van der Waals surface area contributed by atoms with Gasteiger partial charge in [0.25, 0.3) is 0 Å². The van der Waals surface area contributed by atoms with Crippen LogP contribution in [0.25, 0.3) is 0 Å². The first-order valence-corrected chi connectivity index (χ1v) is 6.56. The molecule has 2 saturated carbocycles. The second kappa shape index (κ2) is 3.52. The van der Waals surface area contributed by atoms with E-state index < -0.39 is 0 Å². The summed E-state index contributed by atoms with van der Waals surface area (Å²) in [6.45, 7) is 3.66. The zero-order chi connectivity index (χ0) is 9.54. The summed E-state index contributed by atoms with van der Waals surface area (Å²) in [5.74, 6) is 4.20. The summed E-state index contributed by atoms with van der Waals surface area (Å²) in [5.41, 5.74) is 0. The zero-order valence-electron chi connectivity index (χ0n) is 9.34. The molecule has 1 nitrogen and oxygen atoms in total. The van der Waals surface area contributed by atoms with Gasteiger partial charge in [-0.1, -0.05) is 13.3 Å². The summed E-state index contributed by atoms with van der Waals surface area (Å²) in [5, 5.41) is 3.80. The molecule has 5 atom stereocenters. The van der Waals surface area contributed by atoms with Crippen molar-refractivity contribution in [1.29, 1.82) is 0 Å². The molecule has 1 heteroatoms. The molecule has 80 valence electrons. The Hall–Kier alpha value is -0.0400. The summed E-state index contributed by atoms with van der Waals surface area (Å²) in [4.78, 5) is 0. The van der Waals surface area contributed by atoms with Gasteiger partial charge in [0.1, 0.15) is 0 Å². The van der Waals surface area contributed by atoms with Crippen LogP contribution < -0.4 is 5.32 Å². The zero-order valence-corrected chi connectivity index (χ0v) is 9.34. The van der Waals surface area contributed by atoms with E-state index in [1.165, 1.54) is 19.4 Å². The first-order chi connectivity index (χ1) is 6.83. The molecule has 3 aliphatic rings. The van der Waals surface area contributed by atoms with Gasteiger partial charge < -0.3 is 5.32 Å². The Morgan fingerprint density at radius 2 is 1.93 bits per heavy atom. The standard InChI is InChI=1S/C13H23N/c1-9-2-5-13(14-8-9)12-7-10-3-4-11(12)6-10/h9-14H,2-8H2,1H3. The van der Waals surface area contributed by atoms with Gasteiger partial charge >= 0.3 is 0 Å². The third-order valence-electron chi connectivity index (χ3n) is 5.01. The van der Waals surface area contributed by atoms with E-state index in [1.807, 2.05) is 0 Å². The van der Waals surface area contributed by atoms with E-state index in [2.05, 4.69) is 12.2 Å². The van der Waals surface area contributed by atoms with Crippen LogP contribution in [0.3, 0.4) is 0 Å². The molecule has 0 aromatic heterocycles. The van der Waals surface area contributed by atoms with Crippen molar-refractivity contribution in [1.82, 2.24) is 5.32 Å². The van der Waals surface area contributed by atoms with Crippen LogP contribution >= 0.6 is 0 Å². The summed E-state index contributed by atoms with van der Waals surface area (Å²) >= 11 is 0. The molecule has 1 saturated heterocycles. The monoisotopic (exact) mass is 193 g/mol. The Labute approximate surface area is 87.7 Å². The van der Waals surface area contributed by atoms with E-state index in [9.17, 15) is 0 Å². The molecule has 0 aromatic carbocycles. The smallest absolute Gasteiger partial charge is 0.00982 e. The summed E-state index contributed by atoms with van der Waals surface area (Å²) in [6, 6.07) is 0.890. The predicted octanol–water partition coefficient (Wildman–Crippen LogP) is 2.81. The van der Waals surface area contributed by atoms with Gasteiger partial charge in [-0.25, -0.2) is 0 Å². The van der Waals surface area contributed by atoms with E-state index >= 15 is 0 Å². The average Bonchev–Trinajstić information content (AvgIpc) is 2.80. The summed E-state index contributed by atoms with van der Waals surface area (Å²) < 4.78 is 0. The van der Waals surface area contributed by atoms with Crippen LogP contribution in [0.4, 0.5) is 0 Å². The molecule has 3 rings (SSSR count). The maximum atomic E-state index is 3.80. The van der Waals surface area contributed by atoms with Gasteiger partial charge in [0.05, 0.1) is 0 Å². The molecule has 1 aliphatic heterocycles. The molecule has 0 spiro atoms. The van der Waals surface area contributed by atoms with Crippen molar-refractivity contribution in [2.24, 2.45) is 23.7 Å². The van der Waals surface area contributed by atoms with Crippen molar-refractivity contribution < 1.29 is 0 Å². The van der Waals surface area contributed by atoms with E-state index in [-0.39, 0.29) is 0 Å². The molecule has 1 N–H and O–H groups in total. The van der Waals surface area contributed by atoms with E-state index in [0.717, 1.165) is 29.7 Å². The molecule has 0 aromatic rings. The second-order valence-electron chi connectivity index (χ2n) is 6.04. The fourth-order valence-corrected chi connectivity index (χ4v) is 4.17. The van der Waals surface area contributed by atoms with E-state index in [1.54, 1.807) is 25.7 Å². The highest BCUT2D eigenvalue weighted by atomic mass is 14.9. The normalized spacial score (nSPS) is 52.5. The van der Waals surface area contributed by atoms with Crippen molar-refractivity contribution >= 4 is 0 Å². The van der Waals surface area contributed by atoms with Crippen LogP contribution in [-0.2, 0) is 0 Å². The minimum absolute atomic E-state index is 0.890. The van der Waals surface area contributed by atoms with Crippen molar-refractivity contribution in [3.63, 3.8) is 0 Å². The Morgan fingerprint density at radius 3 is 2.50 bits per heavy atom. The lowest BCUT2D eigenvalue weighted by Gasteiger charge is -2.36. The molecule has 2 bridgehead atoms. The molecule has 2 aliphatic carbocycles. The lowest BCUT2D eigenvalue weighted by molar-refractivity contribution is 0.196. The van der Waals surface area contributed by atoms with Crippen molar-refractivity contribution in [3.05, 3.63) is 0 Å². The quantitative estimate of drug-likeness (QED) is 0.675. The van der Waals surface area contributed by atoms with Crippen LogP contribution in [0.2, 0.25) is 0 Å². The fourth-order valence-electron chi connectivity index (χ4n) is 4.17.